The van der Waals surface area contributed by atoms with Crippen molar-refractivity contribution in [2.45, 2.75) is 6.92 Å². The zero-order valence-electron chi connectivity index (χ0n) is 13.6. The van der Waals surface area contributed by atoms with E-state index in [1.54, 1.807) is 32.2 Å². The van der Waals surface area contributed by atoms with Gasteiger partial charge in [-0.2, -0.15) is 5.10 Å². The molecule has 25 heavy (non-hydrogen) atoms. The molecule has 7 heteroatoms. The van der Waals surface area contributed by atoms with Crippen LogP contribution in [0.5, 0.6) is 5.75 Å². The molecule has 0 aliphatic rings. The van der Waals surface area contributed by atoms with Crippen LogP contribution < -0.4 is 10.1 Å². The molecule has 2 N–H and O–H groups in total. The lowest BCUT2D eigenvalue weighted by Gasteiger charge is -2.08. The first-order valence-corrected chi connectivity index (χ1v) is 7.45. The maximum atomic E-state index is 13.3. The number of aromatic nitrogens is 2. The number of methoxy groups -OCH3 is 1. The Morgan fingerprint density at radius 3 is 2.56 bits per heavy atom. The zero-order valence-corrected chi connectivity index (χ0v) is 13.6. The summed E-state index contributed by atoms with van der Waals surface area (Å²) in [6.07, 6.45) is 0. The first-order chi connectivity index (χ1) is 12.0. The van der Waals surface area contributed by atoms with Gasteiger partial charge in [0.2, 0.25) is 0 Å². The fourth-order valence-corrected chi connectivity index (χ4v) is 2.43. The van der Waals surface area contributed by atoms with Crippen LogP contribution in [-0.4, -0.2) is 23.2 Å². The number of H-pyrrole nitrogens is 1. The average molecular weight is 343 g/mol. The van der Waals surface area contributed by atoms with Crippen molar-refractivity contribution in [3.05, 3.63) is 65.4 Å². The highest BCUT2D eigenvalue weighted by Gasteiger charge is 2.17. The predicted octanol–water partition coefficient (Wildman–Crippen LogP) is 3.92. The van der Waals surface area contributed by atoms with Crippen LogP contribution in [0.1, 0.15) is 16.1 Å². The molecule has 3 rings (SSSR count). The Bertz CT molecular complexity index is 918. The lowest BCUT2D eigenvalue weighted by atomic mass is 10.1. The van der Waals surface area contributed by atoms with Gasteiger partial charge in [0.15, 0.2) is 0 Å². The minimum absolute atomic E-state index is 0.116. The molecule has 2 aromatic carbocycles. The Hall–Kier alpha value is -3.22. The number of rotatable bonds is 4. The van der Waals surface area contributed by atoms with Crippen molar-refractivity contribution in [1.29, 1.82) is 0 Å². The Kier molecular flexibility index (Phi) is 4.47. The molecule has 0 unspecified atom stereocenters. The normalized spacial score (nSPS) is 10.6. The van der Waals surface area contributed by atoms with E-state index in [2.05, 4.69) is 15.5 Å². The Morgan fingerprint density at radius 1 is 1.16 bits per heavy atom. The van der Waals surface area contributed by atoms with Gasteiger partial charge in [-0.05, 0) is 31.2 Å². The first kappa shape index (κ1) is 16.6. The van der Waals surface area contributed by atoms with Crippen LogP contribution in [0.25, 0.3) is 11.3 Å². The summed E-state index contributed by atoms with van der Waals surface area (Å²) in [4.78, 5) is 12.4. The van der Waals surface area contributed by atoms with E-state index in [1.165, 1.54) is 0 Å². The van der Waals surface area contributed by atoms with E-state index in [4.69, 9.17) is 4.74 Å². The van der Waals surface area contributed by atoms with Crippen molar-refractivity contribution in [1.82, 2.24) is 10.2 Å². The van der Waals surface area contributed by atoms with E-state index in [9.17, 15) is 13.6 Å². The van der Waals surface area contributed by atoms with Gasteiger partial charge >= 0.3 is 0 Å². The second kappa shape index (κ2) is 6.72. The second-order valence-corrected chi connectivity index (χ2v) is 5.42. The van der Waals surface area contributed by atoms with Gasteiger partial charge in [-0.3, -0.25) is 9.89 Å². The molecule has 1 aromatic heterocycles. The molecule has 0 fully saturated rings. The molecule has 0 spiro atoms. The number of ether oxygens (including phenoxy) is 1. The summed E-state index contributed by atoms with van der Waals surface area (Å²) < 4.78 is 31.8. The number of benzene rings is 2. The smallest absolute Gasteiger partial charge is 0.255 e. The Labute approximate surface area is 142 Å². The highest BCUT2D eigenvalue weighted by atomic mass is 19.1. The summed E-state index contributed by atoms with van der Waals surface area (Å²) in [6.45, 7) is 1.73. The minimum atomic E-state index is -0.818. The van der Waals surface area contributed by atoms with Crippen molar-refractivity contribution in [3.63, 3.8) is 0 Å². The zero-order chi connectivity index (χ0) is 18.0. The van der Waals surface area contributed by atoms with Crippen LogP contribution in [0.3, 0.4) is 0 Å². The number of hydrogen-bond donors (Lipinski definition) is 2. The van der Waals surface area contributed by atoms with Crippen LogP contribution in [-0.2, 0) is 0 Å². The molecule has 3 aromatic rings. The van der Waals surface area contributed by atoms with Gasteiger partial charge in [0, 0.05) is 17.2 Å². The molecule has 128 valence electrons. The van der Waals surface area contributed by atoms with E-state index in [-0.39, 0.29) is 5.56 Å². The Balaban J connectivity index is 1.95. The molecular formula is C18H15F2N3O2. The predicted molar refractivity (Wildman–Crippen MR) is 89.6 cm³/mol. The maximum Gasteiger partial charge on any atom is 0.255 e. The van der Waals surface area contributed by atoms with Crippen LogP contribution in [0.2, 0.25) is 0 Å². The van der Waals surface area contributed by atoms with Gasteiger partial charge < -0.3 is 10.1 Å². The summed E-state index contributed by atoms with van der Waals surface area (Å²) in [5.74, 6) is -1.63. The number of aromatic amines is 1. The van der Waals surface area contributed by atoms with Crippen molar-refractivity contribution in [2.24, 2.45) is 0 Å². The van der Waals surface area contributed by atoms with Gasteiger partial charge in [-0.1, -0.05) is 12.1 Å². The molecular weight excluding hydrogens is 328 g/mol. The molecule has 0 saturated carbocycles. The van der Waals surface area contributed by atoms with Gasteiger partial charge in [0.1, 0.15) is 23.1 Å². The number of aryl methyl sites for hydroxylation is 1. The lowest BCUT2D eigenvalue weighted by molar-refractivity contribution is 0.102. The second-order valence-electron chi connectivity index (χ2n) is 5.42. The van der Waals surface area contributed by atoms with Gasteiger partial charge in [-0.25, -0.2) is 8.78 Å². The summed E-state index contributed by atoms with van der Waals surface area (Å²) in [7, 11) is 1.55. The van der Waals surface area contributed by atoms with Gasteiger partial charge in [0.05, 0.1) is 18.5 Å². The van der Waals surface area contributed by atoms with Crippen LogP contribution in [0.15, 0.2) is 42.5 Å². The summed E-state index contributed by atoms with van der Waals surface area (Å²) in [6, 6.07) is 9.82. The van der Waals surface area contributed by atoms with E-state index >= 15 is 0 Å². The highest BCUT2D eigenvalue weighted by molar-refractivity contribution is 6.06. The van der Waals surface area contributed by atoms with E-state index in [0.29, 0.717) is 28.9 Å². The first-order valence-electron chi connectivity index (χ1n) is 7.45. The topological polar surface area (TPSA) is 67.0 Å². The third kappa shape index (κ3) is 3.50. The molecule has 5 nitrogen and oxygen atoms in total. The molecule has 0 aliphatic carbocycles. The molecule has 0 atom stereocenters. The summed E-state index contributed by atoms with van der Waals surface area (Å²) in [5.41, 5.74) is 2.16. The molecule has 0 bridgehead atoms. The van der Waals surface area contributed by atoms with E-state index in [1.807, 2.05) is 6.07 Å². The fraction of sp³-hybridized carbons (Fsp3) is 0.111. The third-order valence-corrected chi connectivity index (χ3v) is 3.65. The lowest BCUT2D eigenvalue weighted by Crippen LogP contribution is -2.13. The van der Waals surface area contributed by atoms with Crippen molar-refractivity contribution in [2.75, 3.05) is 12.4 Å². The third-order valence-electron chi connectivity index (χ3n) is 3.65. The molecule has 0 saturated heterocycles. The highest BCUT2D eigenvalue weighted by Crippen LogP contribution is 2.31. The number of amides is 1. The van der Waals surface area contributed by atoms with Gasteiger partial charge in [0.25, 0.3) is 5.91 Å². The Morgan fingerprint density at radius 2 is 1.88 bits per heavy atom. The van der Waals surface area contributed by atoms with Gasteiger partial charge in [-0.15, -0.1) is 0 Å². The SMILES string of the molecule is COc1cccc(-c2n[nH]c(C)c2NC(=O)c2cc(F)cc(F)c2)c1. The number of anilines is 1. The molecule has 1 heterocycles. The molecule has 0 radical (unpaired) electrons. The fourth-order valence-electron chi connectivity index (χ4n) is 2.43. The summed E-state index contributed by atoms with van der Waals surface area (Å²) >= 11 is 0. The average Bonchev–Trinajstić information content (AvgIpc) is 2.95. The standard InChI is InChI=1S/C18H15F2N3O2/c1-10-16(21-18(24)12-6-13(19)9-14(20)7-12)17(23-22-10)11-4-3-5-15(8-11)25-2/h3-9H,1-2H3,(H,21,24)(H,22,23). The number of hydrogen-bond acceptors (Lipinski definition) is 3. The number of nitrogens with one attached hydrogen (secondary N) is 2. The largest absolute Gasteiger partial charge is 0.497 e. The van der Waals surface area contributed by atoms with Crippen molar-refractivity contribution < 1.29 is 18.3 Å². The number of nitrogens with zero attached hydrogens (tertiary/aromatic N) is 1. The molecule has 0 aliphatic heterocycles. The van der Waals surface area contributed by atoms with E-state index < -0.39 is 17.5 Å². The quantitative estimate of drug-likeness (QED) is 0.754. The van der Waals surface area contributed by atoms with Crippen molar-refractivity contribution in [3.8, 4) is 17.0 Å². The van der Waals surface area contributed by atoms with Crippen molar-refractivity contribution >= 4 is 11.6 Å². The number of halogens is 2. The maximum absolute atomic E-state index is 13.3. The van der Waals surface area contributed by atoms with E-state index in [0.717, 1.165) is 17.7 Å². The summed E-state index contributed by atoms with van der Waals surface area (Å²) in [5, 5.41) is 9.66. The number of carbonyl (C=O) groups excluding carboxylic acids is 1. The van der Waals surface area contributed by atoms with Crippen LogP contribution in [0.4, 0.5) is 14.5 Å². The van der Waals surface area contributed by atoms with Crippen LogP contribution >= 0.6 is 0 Å². The van der Waals surface area contributed by atoms with Crippen LogP contribution in [0, 0.1) is 18.6 Å². The number of carbonyl (C=O) groups is 1. The molecule has 1 amide bonds. The monoisotopic (exact) mass is 343 g/mol. The minimum Gasteiger partial charge on any atom is -0.497 e.